The standard InChI is InChI=1S/C12H13N.H2O4S/c1-2-9-13-12-8-7-10-5-3-4-6-11(10)12;1-5(2,3)4/h1,3-6,12-13H,7-9H2;(H2,1,2,3,4)/p-2/t12-;/m0./s1. The number of aryl methyl sites for hydroxylation is 1. The third-order valence-electron chi connectivity index (χ3n) is 2.58. The number of rotatable bonds is 2. The normalized spacial score (nSPS) is 17.3. The second kappa shape index (κ2) is 6.52. The zero-order valence-corrected chi connectivity index (χ0v) is 10.4. The van der Waals surface area contributed by atoms with Gasteiger partial charge in [0.1, 0.15) is 0 Å². The number of hydrogen-bond donors (Lipinski definition) is 1. The molecule has 1 aliphatic rings. The molecule has 0 spiro atoms. The maximum absolute atomic E-state index is 8.52. The van der Waals surface area contributed by atoms with Gasteiger partial charge >= 0.3 is 0 Å². The van der Waals surface area contributed by atoms with Crippen molar-refractivity contribution in [1.29, 1.82) is 0 Å². The number of nitrogens with one attached hydrogen (secondary N) is 1. The Bertz CT molecular complexity index is 525. The number of benzene rings is 1. The van der Waals surface area contributed by atoms with Gasteiger partial charge in [0, 0.05) is 16.4 Å². The molecule has 2 rings (SSSR count). The fourth-order valence-electron chi connectivity index (χ4n) is 1.95. The molecule has 5 nitrogen and oxygen atoms in total. The summed E-state index contributed by atoms with van der Waals surface area (Å²) in [7, 11) is -5.17. The topological polar surface area (TPSA) is 92.3 Å². The molecule has 1 aliphatic carbocycles. The van der Waals surface area contributed by atoms with Crippen molar-refractivity contribution in [2.45, 2.75) is 18.9 Å². The van der Waals surface area contributed by atoms with Gasteiger partial charge in [-0.1, -0.05) is 30.2 Å². The van der Waals surface area contributed by atoms with Crippen LogP contribution in [0.2, 0.25) is 0 Å². The van der Waals surface area contributed by atoms with Gasteiger partial charge < -0.3 is 9.11 Å². The highest BCUT2D eigenvalue weighted by Gasteiger charge is 2.20. The predicted molar refractivity (Wildman–Crippen MR) is 64.8 cm³/mol. The van der Waals surface area contributed by atoms with E-state index in [1.54, 1.807) is 0 Å². The highest BCUT2D eigenvalue weighted by molar-refractivity contribution is 7.79. The van der Waals surface area contributed by atoms with Crippen LogP contribution in [0, 0.1) is 12.3 Å². The van der Waals surface area contributed by atoms with Crippen molar-refractivity contribution >= 4 is 10.4 Å². The summed E-state index contributed by atoms with van der Waals surface area (Å²) in [4.78, 5) is 0. The van der Waals surface area contributed by atoms with Gasteiger partial charge in [0.25, 0.3) is 0 Å². The third-order valence-corrected chi connectivity index (χ3v) is 2.58. The first-order valence-corrected chi connectivity index (χ1v) is 6.66. The van der Waals surface area contributed by atoms with Gasteiger partial charge in [0.15, 0.2) is 0 Å². The van der Waals surface area contributed by atoms with Gasteiger partial charge in [-0.15, -0.1) is 6.42 Å². The van der Waals surface area contributed by atoms with Crippen LogP contribution in [0.1, 0.15) is 23.6 Å². The van der Waals surface area contributed by atoms with Crippen LogP contribution in [0.5, 0.6) is 0 Å². The zero-order chi connectivity index (χ0) is 13.6. The molecule has 0 saturated carbocycles. The molecule has 0 aromatic heterocycles. The summed E-state index contributed by atoms with van der Waals surface area (Å²) in [5, 5.41) is 3.35. The van der Waals surface area contributed by atoms with Crippen LogP contribution in [0.4, 0.5) is 0 Å². The van der Waals surface area contributed by atoms with E-state index in [0.29, 0.717) is 12.6 Å². The van der Waals surface area contributed by atoms with Crippen LogP contribution >= 0.6 is 0 Å². The van der Waals surface area contributed by atoms with Crippen LogP contribution in [0.15, 0.2) is 24.3 Å². The SMILES string of the molecule is C#CCN[C@H]1CCc2ccccc21.O=S(=O)([O-])[O-]. The van der Waals surface area contributed by atoms with E-state index in [-0.39, 0.29) is 0 Å². The summed E-state index contributed by atoms with van der Waals surface area (Å²) in [5.41, 5.74) is 2.90. The van der Waals surface area contributed by atoms with E-state index in [0.717, 1.165) is 0 Å². The molecule has 0 unspecified atom stereocenters. The quantitative estimate of drug-likeness (QED) is 0.480. The van der Waals surface area contributed by atoms with E-state index >= 15 is 0 Å². The minimum atomic E-state index is -5.17. The van der Waals surface area contributed by atoms with Crippen molar-refractivity contribution < 1.29 is 17.5 Å². The first-order chi connectivity index (χ1) is 8.42. The minimum Gasteiger partial charge on any atom is -0.759 e. The first kappa shape index (κ1) is 14.7. The second-order valence-electron chi connectivity index (χ2n) is 3.78. The van der Waals surface area contributed by atoms with Gasteiger partial charge in [-0.2, -0.15) is 0 Å². The van der Waals surface area contributed by atoms with Crippen LogP contribution < -0.4 is 5.32 Å². The number of terminal acetylenes is 1. The van der Waals surface area contributed by atoms with Crippen molar-refractivity contribution in [3.05, 3.63) is 35.4 Å². The summed E-state index contributed by atoms with van der Waals surface area (Å²) in [6, 6.07) is 9.06. The average molecular weight is 267 g/mol. The Balaban J connectivity index is 0.000000280. The highest BCUT2D eigenvalue weighted by atomic mass is 32.3. The monoisotopic (exact) mass is 267 g/mol. The molecule has 0 bridgehead atoms. The van der Waals surface area contributed by atoms with Crippen molar-refractivity contribution in [2.75, 3.05) is 6.54 Å². The Kier molecular flexibility index (Phi) is 5.31. The smallest absolute Gasteiger partial charge is 0.0578 e. The number of hydrogen-bond acceptors (Lipinski definition) is 5. The molecule has 6 heteroatoms. The molecule has 1 N–H and O–H groups in total. The van der Waals surface area contributed by atoms with Gasteiger partial charge in [-0.3, -0.25) is 13.7 Å². The average Bonchev–Trinajstić information content (AvgIpc) is 2.67. The largest absolute Gasteiger partial charge is 0.759 e. The lowest BCUT2D eigenvalue weighted by molar-refractivity contribution is 0.352. The van der Waals surface area contributed by atoms with Crippen molar-refractivity contribution in [2.24, 2.45) is 0 Å². The van der Waals surface area contributed by atoms with Crippen molar-refractivity contribution in [3.8, 4) is 12.3 Å². The molecular weight excluding hydrogens is 254 g/mol. The second-order valence-corrected chi connectivity index (χ2v) is 4.60. The minimum absolute atomic E-state index is 0.479. The van der Waals surface area contributed by atoms with E-state index in [2.05, 4.69) is 35.5 Å². The molecule has 0 heterocycles. The first-order valence-electron chi connectivity index (χ1n) is 5.33. The predicted octanol–water partition coefficient (Wildman–Crippen LogP) is 0.559. The van der Waals surface area contributed by atoms with E-state index in [4.69, 9.17) is 23.9 Å². The maximum Gasteiger partial charge on any atom is 0.0578 e. The lowest BCUT2D eigenvalue weighted by Gasteiger charge is -2.10. The molecule has 0 fully saturated rings. The van der Waals surface area contributed by atoms with Crippen LogP contribution in [0.25, 0.3) is 0 Å². The van der Waals surface area contributed by atoms with E-state index in [9.17, 15) is 0 Å². The fraction of sp³-hybridized carbons (Fsp3) is 0.333. The molecule has 98 valence electrons. The van der Waals surface area contributed by atoms with E-state index in [1.807, 2.05) is 0 Å². The molecule has 1 aromatic rings. The Morgan fingerprint density at radius 2 is 2.00 bits per heavy atom. The van der Waals surface area contributed by atoms with Crippen LogP contribution in [-0.2, 0) is 16.8 Å². The van der Waals surface area contributed by atoms with Crippen LogP contribution in [-0.4, -0.2) is 24.1 Å². The van der Waals surface area contributed by atoms with Crippen LogP contribution in [0.3, 0.4) is 0 Å². The fourth-order valence-corrected chi connectivity index (χ4v) is 1.95. The van der Waals surface area contributed by atoms with E-state index < -0.39 is 10.4 Å². The summed E-state index contributed by atoms with van der Waals surface area (Å²) in [6.45, 7) is 0.666. The Morgan fingerprint density at radius 1 is 1.39 bits per heavy atom. The number of fused-ring (bicyclic) bond motifs is 1. The molecule has 18 heavy (non-hydrogen) atoms. The lowest BCUT2D eigenvalue weighted by Crippen LogP contribution is -2.19. The summed E-state index contributed by atoms with van der Waals surface area (Å²) in [6.07, 6.45) is 7.57. The molecule has 1 aromatic carbocycles. The van der Waals surface area contributed by atoms with Gasteiger partial charge in [0.05, 0.1) is 6.54 Å². The van der Waals surface area contributed by atoms with Gasteiger partial charge in [-0.25, -0.2) is 0 Å². The Hall–Kier alpha value is -1.39. The van der Waals surface area contributed by atoms with Crippen molar-refractivity contribution in [1.82, 2.24) is 5.32 Å². The highest BCUT2D eigenvalue weighted by Crippen LogP contribution is 2.30. The molecule has 0 saturated heterocycles. The third kappa shape index (κ3) is 5.29. The van der Waals surface area contributed by atoms with E-state index in [1.165, 1.54) is 24.0 Å². The summed E-state index contributed by atoms with van der Waals surface area (Å²) >= 11 is 0. The summed E-state index contributed by atoms with van der Waals surface area (Å²) in [5.74, 6) is 2.61. The Labute approximate surface area is 107 Å². The molecule has 0 amide bonds. The Morgan fingerprint density at radius 3 is 2.61 bits per heavy atom. The molecule has 0 radical (unpaired) electrons. The zero-order valence-electron chi connectivity index (χ0n) is 9.63. The molecular formula is C12H13NO4S-2. The molecule has 1 atom stereocenters. The lowest BCUT2D eigenvalue weighted by atomic mass is 10.1. The maximum atomic E-state index is 8.52. The van der Waals surface area contributed by atoms with Crippen molar-refractivity contribution in [3.63, 3.8) is 0 Å². The van der Waals surface area contributed by atoms with Gasteiger partial charge in [0.2, 0.25) is 0 Å². The summed E-state index contributed by atoms with van der Waals surface area (Å²) < 4.78 is 34.1. The van der Waals surface area contributed by atoms with Gasteiger partial charge in [-0.05, 0) is 24.0 Å². The molecule has 0 aliphatic heterocycles.